The van der Waals surface area contributed by atoms with Gasteiger partial charge in [-0.15, -0.1) is 0 Å². The second-order valence-electron chi connectivity index (χ2n) is 8.13. The smallest absolute Gasteiger partial charge is 0.267 e. The second kappa shape index (κ2) is 9.23. The van der Waals surface area contributed by atoms with E-state index >= 15 is 0 Å². The van der Waals surface area contributed by atoms with Crippen LogP contribution in [0.15, 0.2) is 48.5 Å². The molecule has 1 aliphatic heterocycles. The van der Waals surface area contributed by atoms with E-state index in [0.717, 1.165) is 42.5 Å². The second-order valence-corrected chi connectivity index (χ2v) is 8.13. The molecule has 0 atom stereocenters. The zero-order chi connectivity index (χ0) is 22.7. The normalized spacial score (nSPS) is 14.4. The Bertz CT molecular complexity index is 1160. The summed E-state index contributed by atoms with van der Waals surface area (Å²) in [5.74, 6) is -0.250. The average molecular weight is 434 g/mol. The molecule has 8 nitrogen and oxygen atoms in total. The third kappa shape index (κ3) is 4.65. The van der Waals surface area contributed by atoms with Crippen LogP contribution in [0.2, 0.25) is 0 Å². The van der Waals surface area contributed by atoms with Gasteiger partial charge in [0.25, 0.3) is 5.91 Å². The summed E-state index contributed by atoms with van der Waals surface area (Å²) in [6.45, 7) is 2.49. The highest BCUT2D eigenvalue weighted by Crippen LogP contribution is 2.24. The number of carbonyl (C=O) groups is 2. The number of nitrogens with two attached hydrogens (primary N) is 2. The minimum Gasteiger partial charge on any atom is -0.384 e. The summed E-state index contributed by atoms with van der Waals surface area (Å²) in [7, 11) is 0. The molecule has 2 amide bonds. The number of amides is 2. The number of nitrogen functional groups attached to an aromatic ring is 1. The first-order chi connectivity index (χ1) is 15.4. The Kier molecular flexibility index (Phi) is 6.23. The van der Waals surface area contributed by atoms with Crippen LogP contribution < -0.4 is 16.8 Å². The zero-order valence-corrected chi connectivity index (χ0v) is 17.8. The summed E-state index contributed by atoms with van der Waals surface area (Å²) in [4.78, 5) is 24.5. The molecule has 0 aliphatic carbocycles. The maximum absolute atomic E-state index is 13.1. The molecule has 0 radical (unpaired) electrons. The summed E-state index contributed by atoms with van der Waals surface area (Å²) in [5, 5.41) is 11.7. The lowest BCUT2D eigenvalue weighted by atomic mass is 10.0. The van der Waals surface area contributed by atoms with Crippen molar-refractivity contribution in [3.63, 3.8) is 0 Å². The summed E-state index contributed by atoms with van der Waals surface area (Å²) in [5.41, 5.74) is 14.3. The van der Waals surface area contributed by atoms with Crippen LogP contribution in [0.5, 0.6) is 0 Å². The third-order valence-corrected chi connectivity index (χ3v) is 5.92. The Morgan fingerprint density at radius 1 is 1.03 bits per heavy atom. The van der Waals surface area contributed by atoms with Gasteiger partial charge in [-0.2, -0.15) is 0 Å². The summed E-state index contributed by atoms with van der Waals surface area (Å²) in [6.07, 6.45) is 1.88. The van der Waals surface area contributed by atoms with E-state index < -0.39 is 5.91 Å². The minimum absolute atomic E-state index is 0.0315. The van der Waals surface area contributed by atoms with Crippen LogP contribution in [0, 0.1) is 11.3 Å². The first-order valence-electron chi connectivity index (χ1n) is 10.6. The van der Waals surface area contributed by atoms with Gasteiger partial charge >= 0.3 is 0 Å². The van der Waals surface area contributed by atoms with Crippen molar-refractivity contribution in [1.29, 1.82) is 5.41 Å². The Hall–Kier alpha value is -3.65. The number of primary amides is 1. The van der Waals surface area contributed by atoms with Crippen molar-refractivity contribution >= 4 is 28.6 Å². The molecule has 1 aliphatic rings. The molecule has 1 aromatic heterocycles. The van der Waals surface area contributed by atoms with Gasteiger partial charge in [0.2, 0.25) is 5.91 Å². The molecule has 2 heterocycles. The van der Waals surface area contributed by atoms with Gasteiger partial charge in [0.15, 0.2) is 0 Å². The van der Waals surface area contributed by atoms with Crippen molar-refractivity contribution in [3.8, 4) is 0 Å². The summed E-state index contributed by atoms with van der Waals surface area (Å²) < 4.78 is 7.31. The Morgan fingerprint density at radius 2 is 1.72 bits per heavy atom. The standard InChI is InChI=1S/C24H27N5O3/c25-22(26)19-6-5-18-11-21(24(31)28-13-15-7-9-32-10-8-15)29(20(18)12-19)14-16-1-3-17(4-2-16)23(27)30/h1-6,11-12,15H,7-10,13-14H2,(H3,25,26)(H2,27,30)(H,28,31). The van der Waals surface area contributed by atoms with Crippen LogP contribution in [0.25, 0.3) is 10.9 Å². The van der Waals surface area contributed by atoms with Gasteiger partial charge in [-0.25, -0.2) is 0 Å². The zero-order valence-electron chi connectivity index (χ0n) is 17.8. The maximum Gasteiger partial charge on any atom is 0.267 e. The van der Waals surface area contributed by atoms with E-state index in [2.05, 4.69) is 5.32 Å². The minimum atomic E-state index is -0.484. The van der Waals surface area contributed by atoms with Gasteiger partial charge in [0, 0.05) is 48.3 Å². The van der Waals surface area contributed by atoms with Crippen LogP contribution in [-0.2, 0) is 11.3 Å². The lowest BCUT2D eigenvalue weighted by Gasteiger charge is -2.22. The van der Waals surface area contributed by atoms with Gasteiger partial charge in [0.05, 0.1) is 0 Å². The molecular formula is C24H27N5O3. The predicted octanol–water partition coefficient (Wildman–Crippen LogP) is 2.23. The van der Waals surface area contributed by atoms with Crippen LogP contribution in [0.3, 0.4) is 0 Å². The number of carbonyl (C=O) groups excluding carboxylic acids is 2. The molecule has 0 saturated carbocycles. The fourth-order valence-electron chi connectivity index (χ4n) is 4.02. The number of hydrogen-bond acceptors (Lipinski definition) is 4. The van der Waals surface area contributed by atoms with E-state index in [-0.39, 0.29) is 11.7 Å². The molecule has 8 heteroatoms. The number of benzene rings is 2. The summed E-state index contributed by atoms with van der Waals surface area (Å²) >= 11 is 0. The van der Waals surface area contributed by atoms with Gasteiger partial charge < -0.3 is 26.1 Å². The number of ether oxygens (including phenoxy) is 1. The number of hydrogen-bond donors (Lipinski definition) is 4. The largest absolute Gasteiger partial charge is 0.384 e. The molecule has 0 bridgehead atoms. The lowest BCUT2D eigenvalue weighted by molar-refractivity contribution is 0.0641. The Morgan fingerprint density at radius 3 is 2.38 bits per heavy atom. The molecule has 6 N–H and O–H groups in total. The topological polar surface area (TPSA) is 136 Å². The van der Waals surface area contributed by atoms with Gasteiger partial charge in [-0.05, 0) is 48.6 Å². The van der Waals surface area contributed by atoms with E-state index in [4.69, 9.17) is 21.6 Å². The van der Waals surface area contributed by atoms with Crippen LogP contribution in [-0.4, -0.2) is 42.0 Å². The molecule has 0 spiro atoms. The van der Waals surface area contributed by atoms with Crippen LogP contribution in [0.1, 0.15) is 44.8 Å². The molecule has 4 rings (SSSR count). The third-order valence-electron chi connectivity index (χ3n) is 5.92. The van der Waals surface area contributed by atoms with Crippen LogP contribution in [0.4, 0.5) is 0 Å². The van der Waals surface area contributed by atoms with Crippen LogP contribution >= 0.6 is 0 Å². The van der Waals surface area contributed by atoms with Gasteiger partial charge in [-0.3, -0.25) is 15.0 Å². The highest BCUT2D eigenvalue weighted by molar-refractivity contribution is 6.02. The first kappa shape index (κ1) is 21.6. The fourth-order valence-corrected chi connectivity index (χ4v) is 4.02. The van der Waals surface area contributed by atoms with E-state index in [1.54, 1.807) is 18.2 Å². The number of rotatable bonds is 7. The van der Waals surface area contributed by atoms with Gasteiger partial charge in [-0.1, -0.05) is 24.3 Å². The highest BCUT2D eigenvalue weighted by Gasteiger charge is 2.19. The van der Waals surface area contributed by atoms with Crippen molar-refractivity contribution in [2.24, 2.45) is 17.4 Å². The van der Waals surface area contributed by atoms with E-state index in [1.165, 1.54) is 0 Å². The van der Waals surface area contributed by atoms with Crippen molar-refractivity contribution in [1.82, 2.24) is 9.88 Å². The molecule has 3 aromatic rings. The number of amidine groups is 1. The Labute approximate surface area is 186 Å². The van der Waals surface area contributed by atoms with Crippen molar-refractivity contribution in [2.45, 2.75) is 19.4 Å². The van der Waals surface area contributed by atoms with Crippen molar-refractivity contribution < 1.29 is 14.3 Å². The number of nitrogens with zero attached hydrogens (tertiary/aromatic N) is 1. The van der Waals surface area contributed by atoms with E-state index in [9.17, 15) is 9.59 Å². The highest BCUT2D eigenvalue weighted by atomic mass is 16.5. The maximum atomic E-state index is 13.1. The number of fused-ring (bicyclic) bond motifs is 1. The average Bonchev–Trinajstić information content (AvgIpc) is 3.16. The molecule has 0 unspecified atom stereocenters. The Balaban J connectivity index is 1.66. The number of aromatic nitrogens is 1. The molecule has 1 fully saturated rings. The lowest BCUT2D eigenvalue weighted by Crippen LogP contribution is -2.33. The van der Waals surface area contributed by atoms with E-state index in [1.807, 2.05) is 34.9 Å². The molecular weight excluding hydrogens is 406 g/mol. The number of nitrogens with one attached hydrogen (secondary N) is 2. The predicted molar refractivity (Wildman–Crippen MR) is 123 cm³/mol. The SMILES string of the molecule is N=C(N)c1ccc2cc(C(=O)NCC3CCOCC3)n(Cc3ccc(C(N)=O)cc3)c2c1. The quantitative estimate of drug-likeness (QED) is 0.335. The van der Waals surface area contributed by atoms with Crippen molar-refractivity contribution in [3.05, 3.63) is 70.9 Å². The van der Waals surface area contributed by atoms with Crippen molar-refractivity contribution in [2.75, 3.05) is 19.8 Å². The fraction of sp³-hybridized carbons (Fsp3) is 0.292. The molecule has 2 aromatic carbocycles. The molecule has 166 valence electrons. The molecule has 1 saturated heterocycles. The van der Waals surface area contributed by atoms with E-state index in [0.29, 0.717) is 35.8 Å². The first-order valence-corrected chi connectivity index (χ1v) is 10.6. The molecule has 32 heavy (non-hydrogen) atoms. The van der Waals surface area contributed by atoms with Gasteiger partial charge in [0.1, 0.15) is 11.5 Å². The monoisotopic (exact) mass is 433 g/mol. The summed E-state index contributed by atoms with van der Waals surface area (Å²) in [6, 6.07) is 14.3.